The van der Waals surface area contributed by atoms with Gasteiger partial charge in [-0.2, -0.15) is 0 Å². The number of carbonyl (C=O) groups is 1. The number of nitrogens with one attached hydrogen (secondary N) is 1. The molecule has 0 amide bonds. The van der Waals surface area contributed by atoms with Gasteiger partial charge in [-0.05, 0) is 33.2 Å². The highest BCUT2D eigenvalue weighted by molar-refractivity contribution is 5.93. The molecule has 1 rings (SSSR count). The molecule has 1 N–H and O–H groups in total. The van der Waals surface area contributed by atoms with Crippen LogP contribution >= 0.6 is 0 Å². The van der Waals surface area contributed by atoms with Gasteiger partial charge in [0.25, 0.3) is 0 Å². The Labute approximate surface area is 110 Å². The minimum atomic E-state index is -0.678. The summed E-state index contributed by atoms with van der Waals surface area (Å²) >= 11 is 0. The van der Waals surface area contributed by atoms with Crippen LogP contribution in [-0.4, -0.2) is 44.3 Å². The third kappa shape index (κ3) is 3.31. The van der Waals surface area contributed by atoms with Gasteiger partial charge in [0.15, 0.2) is 11.4 Å². The van der Waals surface area contributed by atoms with Crippen LogP contribution in [0.5, 0.6) is 0 Å². The summed E-state index contributed by atoms with van der Waals surface area (Å²) in [6.45, 7) is 9.28. The number of hydrogen-bond acceptors (Lipinski definition) is 4. The zero-order valence-electron chi connectivity index (χ0n) is 12.5. The van der Waals surface area contributed by atoms with E-state index in [4.69, 9.17) is 9.47 Å². The third-order valence-electron chi connectivity index (χ3n) is 3.86. The molecule has 0 saturated carbocycles. The summed E-state index contributed by atoms with van der Waals surface area (Å²) in [5, 5.41) is 3.25. The molecule has 0 aromatic heterocycles. The molecule has 1 saturated heterocycles. The Morgan fingerprint density at radius 2 is 2.06 bits per heavy atom. The highest BCUT2D eigenvalue weighted by Crippen LogP contribution is 2.37. The molecule has 1 heterocycles. The predicted molar refractivity (Wildman–Crippen MR) is 71.6 cm³/mol. The molecule has 18 heavy (non-hydrogen) atoms. The van der Waals surface area contributed by atoms with E-state index >= 15 is 0 Å². The molecule has 1 aliphatic heterocycles. The Hall–Kier alpha value is -0.450. The Morgan fingerprint density at radius 1 is 1.50 bits per heavy atom. The van der Waals surface area contributed by atoms with Gasteiger partial charge in [-0.1, -0.05) is 13.8 Å². The molecule has 0 spiro atoms. The fraction of sp³-hybridized carbons (Fsp3) is 0.929. The van der Waals surface area contributed by atoms with Crippen molar-refractivity contribution in [3.63, 3.8) is 0 Å². The monoisotopic (exact) mass is 257 g/mol. The van der Waals surface area contributed by atoms with Crippen molar-refractivity contribution in [2.75, 3.05) is 27.4 Å². The smallest absolute Gasteiger partial charge is 0.174 e. The highest BCUT2D eigenvalue weighted by atomic mass is 16.6. The van der Waals surface area contributed by atoms with Gasteiger partial charge in [-0.15, -0.1) is 0 Å². The second-order valence-corrected chi connectivity index (χ2v) is 6.23. The van der Waals surface area contributed by atoms with Crippen LogP contribution in [0, 0.1) is 11.8 Å². The van der Waals surface area contributed by atoms with Crippen LogP contribution in [0.2, 0.25) is 0 Å². The Bertz CT molecular complexity index is 295. The standard InChI is InChI=1S/C14H27NO3/c1-10(2)7-11(13(3,4)15-5)12(16)14(8-17-6)9-18-14/h10-11,15H,7-9H2,1-6H3. The summed E-state index contributed by atoms with van der Waals surface area (Å²) in [4.78, 5) is 12.7. The maximum atomic E-state index is 12.7. The fourth-order valence-corrected chi connectivity index (χ4v) is 2.31. The summed E-state index contributed by atoms with van der Waals surface area (Å²) < 4.78 is 10.5. The number of hydrogen-bond donors (Lipinski definition) is 1. The van der Waals surface area contributed by atoms with Crippen LogP contribution in [0.1, 0.15) is 34.1 Å². The molecular formula is C14H27NO3. The lowest BCUT2D eigenvalue weighted by atomic mass is 9.75. The molecule has 4 heteroatoms. The average Bonchev–Trinajstić information content (AvgIpc) is 3.06. The van der Waals surface area contributed by atoms with E-state index < -0.39 is 5.60 Å². The zero-order chi connectivity index (χ0) is 14.0. The first-order valence-corrected chi connectivity index (χ1v) is 6.65. The fourth-order valence-electron chi connectivity index (χ4n) is 2.31. The molecule has 2 atom stereocenters. The molecule has 106 valence electrons. The van der Waals surface area contributed by atoms with E-state index in [0.717, 1.165) is 6.42 Å². The number of ether oxygens (including phenoxy) is 2. The van der Waals surface area contributed by atoms with Crippen molar-refractivity contribution >= 4 is 5.78 Å². The van der Waals surface area contributed by atoms with Crippen LogP contribution in [0.25, 0.3) is 0 Å². The summed E-state index contributed by atoms with van der Waals surface area (Å²) in [5.41, 5.74) is -0.906. The topological polar surface area (TPSA) is 50.9 Å². The second kappa shape index (κ2) is 5.68. The summed E-state index contributed by atoms with van der Waals surface area (Å²) in [6.07, 6.45) is 0.863. The van der Waals surface area contributed by atoms with E-state index in [1.165, 1.54) is 0 Å². The Balaban J connectivity index is 2.86. The van der Waals surface area contributed by atoms with Crippen LogP contribution in [0.15, 0.2) is 0 Å². The number of rotatable bonds is 8. The van der Waals surface area contributed by atoms with Crippen molar-refractivity contribution in [2.24, 2.45) is 11.8 Å². The SMILES string of the molecule is CNC(C)(C)C(CC(C)C)C(=O)C1(COC)CO1. The summed E-state index contributed by atoms with van der Waals surface area (Å²) in [6, 6.07) is 0. The largest absolute Gasteiger partial charge is 0.381 e. The van der Waals surface area contributed by atoms with E-state index in [1.807, 2.05) is 7.05 Å². The van der Waals surface area contributed by atoms with Crippen LogP contribution in [-0.2, 0) is 14.3 Å². The van der Waals surface area contributed by atoms with Crippen LogP contribution < -0.4 is 5.32 Å². The first kappa shape index (κ1) is 15.6. The molecule has 0 aromatic rings. The van der Waals surface area contributed by atoms with Crippen LogP contribution in [0.3, 0.4) is 0 Å². The first-order chi connectivity index (χ1) is 8.29. The van der Waals surface area contributed by atoms with Gasteiger partial charge >= 0.3 is 0 Å². The van der Waals surface area contributed by atoms with Gasteiger partial charge < -0.3 is 14.8 Å². The number of methoxy groups -OCH3 is 1. The van der Waals surface area contributed by atoms with E-state index in [2.05, 4.69) is 33.0 Å². The van der Waals surface area contributed by atoms with E-state index in [9.17, 15) is 4.79 Å². The molecule has 2 unspecified atom stereocenters. The van der Waals surface area contributed by atoms with Crippen molar-refractivity contribution in [1.82, 2.24) is 5.32 Å². The Kier molecular flexibility index (Phi) is 4.92. The van der Waals surface area contributed by atoms with Crippen LogP contribution in [0.4, 0.5) is 0 Å². The molecule has 0 aromatic carbocycles. The van der Waals surface area contributed by atoms with E-state index in [-0.39, 0.29) is 17.2 Å². The number of Topliss-reactive ketones (excluding diaryl/α,β-unsaturated/α-hetero) is 1. The molecule has 0 bridgehead atoms. The summed E-state index contributed by atoms with van der Waals surface area (Å²) in [7, 11) is 3.51. The quantitative estimate of drug-likeness (QED) is 0.672. The van der Waals surface area contributed by atoms with Gasteiger partial charge in [0.05, 0.1) is 13.2 Å². The van der Waals surface area contributed by atoms with Crippen molar-refractivity contribution < 1.29 is 14.3 Å². The lowest BCUT2D eigenvalue weighted by Gasteiger charge is -2.35. The summed E-state index contributed by atoms with van der Waals surface area (Å²) in [5.74, 6) is 0.600. The molecule has 1 fully saturated rings. The first-order valence-electron chi connectivity index (χ1n) is 6.65. The third-order valence-corrected chi connectivity index (χ3v) is 3.86. The lowest BCUT2D eigenvalue weighted by molar-refractivity contribution is -0.133. The zero-order valence-corrected chi connectivity index (χ0v) is 12.5. The van der Waals surface area contributed by atoms with Crippen molar-refractivity contribution in [3.8, 4) is 0 Å². The lowest BCUT2D eigenvalue weighted by Crippen LogP contribution is -2.52. The molecule has 1 aliphatic rings. The van der Waals surface area contributed by atoms with Crippen molar-refractivity contribution in [2.45, 2.75) is 45.3 Å². The normalized spacial score (nSPS) is 25.3. The van der Waals surface area contributed by atoms with E-state index in [0.29, 0.717) is 19.1 Å². The molecule has 4 nitrogen and oxygen atoms in total. The number of carbonyl (C=O) groups excluding carboxylic acids is 1. The Morgan fingerprint density at radius 3 is 2.39 bits per heavy atom. The predicted octanol–water partition coefficient (Wildman–Crippen LogP) is 1.63. The van der Waals surface area contributed by atoms with E-state index in [1.54, 1.807) is 7.11 Å². The van der Waals surface area contributed by atoms with Crippen molar-refractivity contribution in [3.05, 3.63) is 0 Å². The van der Waals surface area contributed by atoms with Gasteiger partial charge in [0, 0.05) is 18.6 Å². The minimum absolute atomic E-state index is 0.0554. The van der Waals surface area contributed by atoms with Gasteiger partial charge in [-0.3, -0.25) is 4.79 Å². The number of epoxide rings is 1. The highest BCUT2D eigenvalue weighted by Gasteiger charge is 2.56. The molecular weight excluding hydrogens is 230 g/mol. The van der Waals surface area contributed by atoms with Crippen molar-refractivity contribution in [1.29, 1.82) is 0 Å². The maximum Gasteiger partial charge on any atom is 0.174 e. The van der Waals surface area contributed by atoms with Gasteiger partial charge in [0.1, 0.15) is 0 Å². The van der Waals surface area contributed by atoms with Gasteiger partial charge in [-0.25, -0.2) is 0 Å². The molecule has 0 aliphatic carbocycles. The molecule has 0 radical (unpaired) electrons. The average molecular weight is 257 g/mol. The minimum Gasteiger partial charge on any atom is -0.381 e. The maximum absolute atomic E-state index is 12.7. The second-order valence-electron chi connectivity index (χ2n) is 6.23. The van der Waals surface area contributed by atoms with Gasteiger partial charge in [0.2, 0.25) is 0 Å². The number of ketones is 1.